The van der Waals surface area contributed by atoms with Crippen molar-refractivity contribution in [1.82, 2.24) is 5.32 Å². The summed E-state index contributed by atoms with van der Waals surface area (Å²) >= 11 is 0. The zero-order chi connectivity index (χ0) is 15.8. The van der Waals surface area contributed by atoms with Crippen LogP contribution in [0.2, 0.25) is 0 Å². The number of nitrogens with one attached hydrogen (secondary N) is 2. The van der Waals surface area contributed by atoms with E-state index in [2.05, 4.69) is 22.3 Å². The second kappa shape index (κ2) is 8.79. The number of rotatable bonds is 6. The molecule has 0 aromatic heterocycles. The van der Waals surface area contributed by atoms with Crippen LogP contribution in [0, 0.1) is 5.92 Å². The lowest BCUT2D eigenvalue weighted by atomic mass is 9.85. The lowest BCUT2D eigenvalue weighted by Gasteiger charge is -2.25. The summed E-state index contributed by atoms with van der Waals surface area (Å²) in [6.07, 6.45) is 7.77. The number of carbonyl (C=O) groups excluding carboxylic acids is 1. The van der Waals surface area contributed by atoms with Gasteiger partial charge in [-0.15, -0.1) is 0 Å². The molecule has 4 nitrogen and oxygen atoms in total. The second-order valence-corrected chi connectivity index (χ2v) is 6.30. The Labute approximate surface area is 133 Å². The summed E-state index contributed by atoms with van der Waals surface area (Å²) in [6.45, 7) is 3.01. The fourth-order valence-corrected chi connectivity index (χ4v) is 3.25. The minimum atomic E-state index is -0.428. The molecular formula is C18H28N2O2. The third-order valence-corrected chi connectivity index (χ3v) is 4.49. The molecule has 2 rings (SSSR count). The highest BCUT2D eigenvalue weighted by Gasteiger charge is 2.16. The molecule has 0 unspecified atom stereocenters. The summed E-state index contributed by atoms with van der Waals surface area (Å²) in [5, 5.41) is 6.35. The number of ether oxygens (including phenoxy) is 1. The van der Waals surface area contributed by atoms with E-state index in [0.29, 0.717) is 6.04 Å². The molecule has 0 saturated heterocycles. The van der Waals surface area contributed by atoms with Crippen LogP contribution < -0.4 is 10.6 Å². The van der Waals surface area contributed by atoms with Gasteiger partial charge in [0.1, 0.15) is 0 Å². The first kappa shape index (κ1) is 16.8. The van der Waals surface area contributed by atoms with Crippen LogP contribution in [0.5, 0.6) is 0 Å². The van der Waals surface area contributed by atoms with Crippen molar-refractivity contribution in [2.75, 3.05) is 12.4 Å². The summed E-state index contributed by atoms with van der Waals surface area (Å²) < 4.78 is 4.66. The average molecular weight is 304 g/mol. The van der Waals surface area contributed by atoms with Gasteiger partial charge in [-0.3, -0.25) is 5.32 Å². The summed E-state index contributed by atoms with van der Waals surface area (Å²) in [5.74, 6) is 0.875. The van der Waals surface area contributed by atoms with E-state index >= 15 is 0 Å². The first-order valence-corrected chi connectivity index (χ1v) is 8.35. The van der Waals surface area contributed by atoms with Gasteiger partial charge in [-0.05, 0) is 30.9 Å². The number of para-hydroxylation sites is 1. The van der Waals surface area contributed by atoms with Gasteiger partial charge in [-0.2, -0.15) is 0 Å². The van der Waals surface area contributed by atoms with Crippen LogP contribution in [-0.4, -0.2) is 19.2 Å². The maximum atomic E-state index is 11.4. The van der Waals surface area contributed by atoms with Crippen molar-refractivity contribution >= 4 is 11.8 Å². The third-order valence-electron chi connectivity index (χ3n) is 4.49. The largest absolute Gasteiger partial charge is 0.453 e. The number of hydrogen-bond acceptors (Lipinski definition) is 3. The SMILES string of the molecule is COC(=O)Nc1ccccc1CN[C@@H](C)CC1CCCCC1. The quantitative estimate of drug-likeness (QED) is 0.823. The number of amides is 1. The molecule has 1 amide bonds. The number of methoxy groups -OCH3 is 1. The number of anilines is 1. The monoisotopic (exact) mass is 304 g/mol. The summed E-state index contributed by atoms with van der Waals surface area (Å²) in [5.41, 5.74) is 1.90. The highest BCUT2D eigenvalue weighted by Crippen LogP contribution is 2.27. The van der Waals surface area contributed by atoms with Crippen LogP contribution >= 0.6 is 0 Å². The van der Waals surface area contributed by atoms with E-state index in [0.717, 1.165) is 23.7 Å². The molecule has 1 aliphatic rings. The molecule has 1 atom stereocenters. The Bertz CT molecular complexity index is 470. The minimum absolute atomic E-state index is 0.428. The van der Waals surface area contributed by atoms with Crippen molar-refractivity contribution in [2.45, 2.75) is 58.0 Å². The van der Waals surface area contributed by atoms with Gasteiger partial charge in [0, 0.05) is 18.3 Å². The maximum Gasteiger partial charge on any atom is 0.411 e. The molecule has 1 aromatic rings. The molecule has 1 aromatic carbocycles. The van der Waals surface area contributed by atoms with Gasteiger partial charge < -0.3 is 10.1 Å². The zero-order valence-electron chi connectivity index (χ0n) is 13.7. The van der Waals surface area contributed by atoms with E-state index in [1.165, 1.54) is 45.6 Å². The first-order valence-electron chi connectivity index (χ1n) is 8.35. The topological polar surface area (TPSA) is 50.4 Å². The fourth-order valence-electron chi connectivity index (χ4n) is 3.25. The van der Waals surface area contributed by atoms with E-state index in [4.69, 9.17) is 0 Å². The van der Waals surface area contributed by atoms with E-state index in [1.807, 2.05) is 24.3 Å². The molecule has 0 radical (unpaired) electrons. The van der Waals surface area contributed by atoms with Crippen molar-refractivity contribution in [2.24, 2.45) is 5.92 Å². The van der Waals surface area contributed by atoms with Crippen LogP contribution in [0.3, 0.4) is 0 Å². The highest BCUT2D eigenvalue weighted by molar-refractivity contribution is 5.85. The second-order valence-electron chi connectivity index (χ2n) is 6.30. The van der Waals surface area contributed by atoms with E-state index < -0.39 is 6.09 Å². The van der Waals surface area contributed by atoms with Gasteiger partial charge in [-0.25, -0.2) is 4.79 Å². The number of hydrogen-bond donors (Lipinski definition) is 2. The Kier molecular flexibility index (Phi) is 6.72. The fraction of sp³-hybridized carbons (Fsp3) is 0.611. The Morgan fingerprint density at radius 1 is 1.27 bits per heavy atom. The standard InChI is InChI=1S/C18H28N2O2/c1-14(12-15-8-4-3-5-9-15)19-13-16-10-6-7-11-17(16)20-18(21)22-2/h6-7,10-11,14-15,19H,3-5,8-9,12-13H2,1-2H3,(H,20,21)/t14-/m0/s1. The zero-order valence-corrected chi connectivity index (χ0v) is 13.7. The van der Waals surface area contributed by atoms with Crippen LogP contribution in [0.1, 0.15) is 51.0 Å². The highest BCUT2D eigenvalue weighted by atomic mass is 16.5. The summed E-state index contributed by atoms with van der Waals surface area (Å²) in [7, 11) is 1.38. The molecule has 0 heterocycles. The van der Waals surface area contributed by atoms with Gasteiger partial charge >= 0.3 is 6.09 Å². The predicted molar refractivity (Wildman–Crippen MR) is 90.0 cm³/mol. The van der Waals surface area contributed by atoms with Crippen LogP contribution in [0.15, 0.2) is 24.3 Å². The summed E-state index contributed by atoms with van der Waals surface area (Å²) in [4.78, 5) is 11.4. The molecule has 1 fully saturated rings. The average Bonchev–Trinajstić information content (AvgIpc) is 2.55. The normalized spacial score (nSPS) is 17.0. The molecule has 0 bridgehead atoms. The van der Waals surface area contributed by atoms with Gasteiger partial charge in [0.2, 0.25) is 0 Å². The maximum absolute atomic E-state index is 11.4. The molecule has 22 heavy (non-hydrogen) atoms. The lowest BCUT2D eigenvalue weighted by molar-refractivity contribution is 0.187. The van der Waals surface area contributed by atoms with Gasteiger partial charge in [0.15, 0.2) is 0 Å². The number of carbonyl (C=O) groups is 1. The van der Waals surface area contributed by atoms with Crippen LogP contribution in [-0.2, 0) is 11.3 Å². The third kappa shape index (κ3) is 5.34. The van der Waals surface area contributed by atoms with Crippen molar-refractivity contribution in [3.05, 3.63) is 29.8 Å². The van der Waals surface area contributed by atoms with E-state index in [9.17, 15) is 4.79 Å². The lowest BCUT2D eigenvalue weighted by Crippen LogP contribution is -2.29. The van der Waals surface area contributed by atoms with E-state index in [-0.39, 0.29) is 0 Å². The van der Waals surface area contributed by atoms with Gasteiger partial charge in [-0.1, -0.05) is 50.3 Å². The van der Waals surface area contributed by atoms with Crippen molar-refractivity contribution in [3.63, 3.8) is 0 Å². The van der Waals surface area contributed by atoms with Crippen LogP contribution in [0.25, 0.3) is 0 Å². The van der Waals surface area contributed by atoms with Crippen molar-refractivity contribution < 1.29 is 9.53 Å². The number of benzene rings is 1. The predicted octanol–water partition coefficient (Wildman–Crippen LogP) is 4.31. The van der Waals surface area contributed by atoms with Crippen LogP contribution in [0.4, 0.5) is 10.5 Å². The molecule has 2 N–H and O–H groups in total. The van der Waals surface area contributed by atoms with Gasteiger partial charge in [0.05, 0.1) is 7.11 Å². The Morgan fingerprint density at radius 2 is 2.00 bits per heavy atom. The molecule has 1 saturated carbocycles. The minimum Gasteiger partial charge on any atom is -0.453 e. The molecule has 0 spiro atoms. The molecule has 1 aliphatic carbocycles. The van der Waals surface area contributed by atoms with Crippen molar-refractivity contribution in [1.29, 1.82) is 0 Å². The Morgan fingerprint density at radius 3 is 2.73 bits per heavy atom. The molecular weight excluding hydrogens is 276 g/mol. The van der Waals surface area contributed by atoms with Crippen molar-refractivity contribution in [3.8, 4) is 0 Å². The summed E-state index contributed by atoms with van der Waals surface area (Å²) in [6, 6.07) is 8.34. The van der Waals surface area contributed by atoms with Gasteiger partial charge in [0.25, 0.3) is 0 Å². The molecule has 0 aliphatic heterocycles. The molecule has 122 valence electrons. The Hall–Kier alpha value is -1.55. The molecule has 4 heteroatoms. The smallest absolute Gasteiger partial charge is 0.411 e. The van der Waals surface area contributed by atoms with E-state index in [1.54, 1.807) is 0 Å². The first-order chi connectivity index (χ1) is 10.7. The Balaban J connectivity index is 1.83.